The number of rotatable bonds is 9. The third-order valence-corrected chi connectivity index (χ3v) is 6.27. The normalized spacial score (nSPS) is 20.3. The van der Waals surface area contributed by atoms with Crippen LogP contribution in [0, 0.1) is 11.8 Å². The lowest BCUT2D eigenvalue weighted by atomic mass is 9.97. The van der Waals surface area contributed by atoms with Gasteiger partial charge >= 0.3 is 0 Å². The largest absolute Gasteiger partial charge is 0.493 e. The van der Waals surface area contributed by atoms with E-state index >= 15 is 0 Å². The topological polar surface area (TPSA) is 65.1 Å². The van der Waals surface area contributed by atoms with Crippen molar-refractivity contribution in [3.8, 4) is 5.75 Å². The molecule has 7 heteroatoms. The molecule has 178 valence electrons. The highest BCUT2D eigenvalue weighted by molar-refractivity contribution is 5.88. The molecule has 2 fully saturated rings. The van der Waals surface area contributed by atoms with Crippen molar-refractivity contribution < 1.29 is 14.3 Å². The molecule has 0 aromatic heterocycles. The summed E-state index contributed by atoms with van der Waals surface area (Å²) in [6, 6.07) is 8.12. The summed E-state index contributed by atoms with van der Waals surface area (Å²) in [6.07, 6.45) is 2.69. The summed E-state index contributed by atoms with van der Waals surface area (Å²) in [5.41, 5.74) is 1.24. The van der Waals surface area contributed by atoms with Gasteiger partial charge < -0.3 is 24.8 Å². The van der Waals surface area contributed by atoms with Crippen LogP contribution in [0.3, 0.4) is 0 Å². The summed E-state index contributed by atoms with van der Waals surface area (Å²) >= 11 is 0. The van der Waals surface area contributed by atoms with Crippen LogP contribution in [0.4, 0.5) is 0 Å². The summed E-state index contributed by atoms with van der Waals surface area (Å²) in [5, 5.41) is 3.30. The number of carbonyl (C=O) groups is 2. The predicted molar refractivity (Wildman–Crippen MR) is 126 cm³/mol. The Kier molecular flexibility index (Phi) is 8.93. The van der Waals surface area contributed by atoms with E-state index in [4.69, 9.17) is 4.74 Å². The van der Waals surface area contributed by atoms with Gasteiger partial charge in [-0.1, -0.05) is 26.0 Å². The zero-order valence-electron chi connectivity index (χ0n) is 20.2. The average Bonchev–Trinajstić information content (AvgIpc) is 2.75. The van der Waals surface area contributed by atoms with E-state index in [1.807, 2.05) is 17.0 Å². The summed E-state index contributed by atoms with van der Waals surface area (Å²) < 4.78 is 6.06. The van der Waals surface area contributed by atoms with Gasteiger partial charge in [-0.2, -0.15) is 0 Å². The van der Waals surface area contributed by atoms with Crippen LogP contribution in [0.5, 0.6) is 5.75 Å². The molecule has 1 N–H and O–H groups in total. The van der Waals surface area contributed by atoms with Crippen LogP contribution in [0.2, 0.25) is 0 Å². The van der Waals surface area contributed by atoms with Crippen LogP contribution in [0.1, 0.15) is 38.7 Å². The fraction of sp³-hybridized carbons (Fsp3) is 0.680. The van der Waals surface area contributed by atoms with E-state index in [9.17, 15) is 9.59 Å². The minimum atomic E-state index is -0.157. The van der Waals surface area contributed by atoms with Gasteiger partial charge in [-0.3, -0.25) is 9.59 Å². The minimum Gasteiger partial charge on any atom is -0.493 e. The SMILES string of the molecule is CC(C)C[C@@H]1NCCN(CC(=O)N2CCC(COc3cccc(CN(C)C)c3)CC2)C1=O. The number of ether oxygens (including phenoxy) is 1. The second kappa shape index (κ2) is 11.7. The lowest BCUT2D eigenvalue weighted by molar-refractivity contribution is -0.144. The lowest BCUT2D eigenvalue weighted by Gasteiger charge is -2.36. The maximum Gasteiger partial charge on any atom is 0.242 e. The van der Waals surface area contributed by atoms with Crippen LogP contribution in [0.25, 0.3) is 0 Å². The molecular weight excluding hydrogens is 404 g/mol. The van der Waals surface area contributed by atoms with E-state index in [1.54, 1.807) is 4.90 Å². The van der Waals surface area contributed by atoms with Crippen molar-refractivity contribution in [2.75, 3.05) is 53.4 Å². The van der Waals surface area contributed by atoms with E-state index < -0.39 is 0 Å². The van der Waals surface area contributed by atoms with Crippen LogP contribution in [0.15, 0.2) is 24.3 Å². The summed E-state index contributed by atoms with van der Waals surface area (Å²) in [7, 11) is 4.12. The fourth-order valence-electron chi connectivity index (χ4n) is 4.53. The van der Waals surface area contributed by atoms with E-state index in [1.165, 1.54) is 5.56 Å². The summed E-state index contributed by atoms with van der Waals surface area (Å²) in [4.78, 5) is 31.3. The molecule has 1 atom stereocenters. The highest BCUT2D eigenvalue weighted by atomic mass is 16.5. The summed E-state index contributed by atoms with van der Waals surface area (Å²) in [5.74, 6) is 1.95. The highest BCUT2D eigenvalue weighted by Crippen LogP contribution is 2.21. The molecule has 0 spiro atoms. The number of piperazine rings is 1. The predicted octanol–water partition coefficient (Wildman–Crippen LogP) is 2.21. The van der Waals surface area contributed by atoms with Crippen molar-refractivity contribution in [3.05, 3.63) is 29.8 Å². The van der Waals surface area contributed by atoms with Gasteiger partial charge in [0.25, 0.3) is 0 Å². The van der Waals surface area contributed by atoms with Gasteiger partial charge in [0.2, 0.25) is 11.8 Å². The third kappa shape index (κ3) is 7.20. The second-order valence-electron chi connectivity index (χ2n) is 9.92. The Hall–Kier alpha value is -2.12. The Bertz CT molecular complexity index is 759. The van der Waals surface area contributed by atoms with Gasteiger partial charge in [0.1, 0.15) is 5.75 Å². The molecule has 7 nitrogen and oxygen atoms in total. The maximum atomic E-state index is 12.8. The van der Waals surface area contributed by atoms with E-state index in [0.717, 1.165) is 51.2 Å². The number of carbonyl (C=O) groups excluding carboxylic acids is 2. The molecule has 0 saturated carbocycles. The van der Waals surface area contributed by atoms with Gasteiger partial charge in [-0.15, -0.1) is 0 Å². The minimum absolute atomic E-state index is 0.0677. The van der Waals surface area contributed by atoms with Crippen LogP contribution in [-0.4, -0.2) is 86.0 Å². The van der Waals surface area contributed by atoms with Gasteiger partial charge in [-0.05, 0) is 62.9 Å². The number of benzene rings is 1. The molecule has 1 aromatic rings. The van der Waals surface area contributed by atoms with Crippen molar-refractivity contribution in [2.45, 2.75) is 45.7 Å². The number of amides is 2. The van der Waals surface area contributed by atoms with Gasteiger partial charge in [0.05, 0.1) is 19.2 Å². The number of hydrogen-bond donors (Lipinski definition) is 1. The molecule has 3 rings (SSSR count). The molecule has 0 unspecified atom stereocenters. The van der Waals surface area contributed by atoms with Crippen molar-refractivity contribution in [1.82, 2.24) is 20.0 Å². The first kappa shape index (κ1) is 24.5. The fourth-order valence-corrected chi connectivity index (χ4v) is 4.53. The van der Waals surface area contributed by atoms with E-state index in [-0.39, 0.29) is 24.4 Å². The number of likely N-dealkylation sites (tertiary alicyclic amines) is 1. The monoisotopic (exact) mass is 444 g/mol. The highest BCUT2D eigenvalue weighted by Gasteiger charge is 2.31. The standard InChI is InChI=1S/C25H40N4O3/c1-19(2)14-23-25(31)29(13-10-26-23)17-24(30)28-11-8-20(9-12-28)18-32-22-7-5-6-21(15-22)16-27(3)4/h5-7,15,19-20,23,26H,8-14,16-18H2,1-4H3/t23-/m0/s1. The average molecular weight is 445 g/mol. The Balaban J connectivity index is 1.41. The first-order chi connectivity index (χ1) is 15.3. The molecule has 2 saturated heterocycles. The molecule has 2 aliphatic heterocycles. The molecular formula is C25H40N4O3. The zero-order valence-corrected chi connectivity index (χ0v) is 20.2. The smallest absolute Gasteiger partial charge is 0.242 e. The molecule has 2 aliphatic rings. The molecule has 32 heavy (non-hydrogen) atoms. The first-order valence-electron chi connectivity index (χ1n) is 12.0. The van der Waals surface area contributed by atoms with Crippen molar-refractivity contribution in [3.63, 3.8) is 0 Å². The lowest BCUT2D eigenvalue weighted by Crippen LogP contribution is -2.57. The number of piperidine rings is 1. The molecule has 2 heterocycles. The van der Waals surface area contributed by atoms with Gasteiger partial charge in [0.15, 0.2) is 0 Å². The first-order valence-corrected chi connectivity index (χ1v) is 12.0. The third-order valence-electron chi connectivity index (χ3n) is 6.27. The van der Waals surface area contributed by atoms with E-state index in [0.29, 0.717) is 25.0 Å². The van der Waals surface area contributed by atoms with Gasteiger partial charge in [-0.25, -0.2) is 0 Å². The number of nitrogens with one attached hydrogen (secondary N) is 1. The van der Waals surface area contributed by atoms with E-state index in [2.05, 4.69) is 50.3 Å². The molecule has 1 aromatic carbocycles. The molecule has 0 bridgehead atoms. The zero-order chi connectivity index (χ0) is 23.1. The Morgan fingerprint density at radius 2 is 1.97 bits per heavy atom. The van der Waals surface area contributed by atoms with Crippen LogP contribution >= 0.6 is 0 Å². The molecule has 2 amide bonds. The molecule has 0 aliphatic carbocycles. The van der Waals surface area contributed by atoms with Crippen molar-refractivity contribution in [1.29, 1.82) is 0 Å². The maximum absolute atomic E-state index is 12.8. The Labute approximate surface area is 193 Å². The van der Waals surface area contributed by atoms with Crippen LogP contribution in [-0.2, 0) is 16.1 Å². The summed E-state index contributed by atoms with van der Waals surface area (Å²) in [6.45, 7) is 8.86. The van der Waals surface area contributed by atoms with Crippen molar-refractivity contribution >= 4 is 11.8 Å². The number of hydrogen-bond acceptors (Lipinski definition) is 5. The second-order valence-corrected chi connectivity index (χ2v) is 9.92. The Morgan fingerprint density at radius 3 is 2.66 bits per heavy atom. The Morgan fingerprint density at radius 1 is 1.22 bits per heavy atom. The molecule has 0 radical (unpaired) electrons. The quantitative estimate of drug-likeness (QED) is 0.633. The number of nitrogens with zero attached hydrogens (tertiary/aromatic N) is 3. The van der Waals surface area contributed by atoms with Crippen molar-refractivity contribution in [2.24, 2.45) is 11.8 Å². The van der Waals surface area contributed by atoms with Gasteiger partial charge in [0, 0.05) is 32.7 Å². The van der Waals surface area contributed by atoms with Crippen LogP contribution < -0.4 is 10.1 Å².